The van der Waals surface area contributed by atoms with Crippen LogP contribution in [0, 0.1) is 31.6 Å². The van der Waals surface area contributed by atoms with Crippen molar-refractivity contribution in [1.29, 1.82) is 0 Å². The molecule has 0 aromatic heterocycles. The van der Waals surface area contributed by atoms with Crippen LogP contribution in [0.5, 0.6) is 0 Å². The fourth-order valence-electron chi connectivity index (χ4n) is 2.58. The molecule has 0 spiro atoms. The maximum Gasteiger partial charge on any atom is 0.314 e. The molecule has 0 saturated carbocycles. The third-order valence-corrected chi connectivity index (χ3v) is 3.64. The molecule has 1 aliphatic rings. The summed E-state index contributed by atoms with van der Waals surface area (Å²) < 4.78 is 5.44. The highest BCUT2D eigenvalue weighted by Gasteiger charge is 2.53. The minimum Gasteiger partial charge on any atom is -0.481 e. The molecule has 1 N–H and O–H groups in total. The van der Waals surface area contributed by atoms with Crippen molar-refractivity contribution in [3.05, 3.63) is 43.8 Å². The maximum atomic E-state index is 11.6. The van der Waals surface area contributed by atoms with E-state index < -0.39 is 44.6 Å². The van der Waals surface area contributed by atoms with Crippen molar-refractivity contribution in [2.45, 2.75) is 33.3 Å². The van der Waals surface area contributed by atoms with Gasteiger partial charge in [0, 0.05) is 12.7 Å². The standard InChI is InChI=1S/C13H18N2O7/c1-4-5-22-8(2)11-10(15(20)21)6-9(14(18)19)7-13(11,3)12(16)17/h6-8,11H,4-5H2,1-3H3,(H,16,17). The van der Waals surface area contributed by atoms with E-state index in [1.807, 2.05) is 6.92 Å². The lowest BCUT2D eigenvalue weighted by molar-refractivity contribution is -0.447. The summed E-state index contributed by atoms with van der Waals surface area (Å²) in [6.07, 6.45) is 1.64. The number of nitro groups is 2. The third-order valence-electron chi connectivity index (χ3n) is 3.64. The minimum atomic E-state index is -1.80. The number of carboxylic acid groups (broad SMARTS) is 1. The van der Waals surface area contributed by atoms with Crippen molar-refractivity contribution < 1.29 is 24.5 Å². The van der Waals surface area contributed by atoms with E-state index in [4.69, 9.17) is 4.74 Å². The molecule has 1 aliphatic carbocycles. The summed E-state index contributed by atoms with van der Waals surface area (Å²) in [6, 6.07) is 0. The molecular formula is C13H18N2O7. The van der Waals surface area contributed by atoms with Crippen LogP contribution < -0.4 is 0 Å². The van der Waals surface area contributed by atoms with Gasteiger partial charge >= 0.3 is 5.97 Å². The van der Waals surface area contributed by atoms with Crippen molar-refractivity contribution in [3.8, 4) is 0 Å². The zero-order chi connectivity index (χ0) is 17.1. The Morgan fingerprint density at radius 3 is 2.45 bits per heavy atom. The van der Waals surface area contributed by atoms with Gasteiger partial charge < -0.3 is 9.84 Å². The summed E-state index contributed by atoms with van der Waals surface area (Å²) in [4.78, 5) is 32.2. The van der Waals surface area contributed by atoms with Crippen LogP contribution >= 0.6 is 0 Å². The molecule has 122 valence electrons. The zero-order valence-electron chi connectivity index (χ0n) is 12.5. The average Bonchev–Trinajstić information content (AvgIpc) is 2.43. The SMILES string of the molecule is CCCOC(C)C1C([N+](=O)[O-])=CC([N+](=O)[O-])=CC1(C)C(=O)O. The first-order valence-electron chi connectivity index (χ1n) is 6.73. The van der Waals surface area contributed by atoms with Gasteiger partial charge in [-0.1, -0.05) is 6.92 Å². The number of ether oxygens (including phenoxy) is 1. The average molecular weight is 314 g/mol. The number of aliphatic carboxylic acids is 1. The summed E-state index contributed by atoms with van der Waals surface area (Å²) in [5, 5.41) is 31.7. The second-order valence-corrected chi connectivity index (χ2v) is 5.29. The third kappa shape index (κ3) is 3.30. The second kappa shape index (κ2) is 6.65. The van der Waals surface area contributed by atoms with E-state index >= 15 is 0 Å². The van der Waals surface area contributed by atoms with Crippen LogP contribution in [0.1, 0.15) is 27.2 Å². The molecule has 3 unspecified atom stereocenters. The van der Waals surface area contributed by atoms with E-state index in [1.165, 1.54) is 13.8 Å². The smallest absolute Gasteiger partial charge is 0.314 e. The quantitative estimate of drug-likeness (QED) is 0.559. The number of allylic oxidation sites excluding steroid dienone is 1. The Hall–Kier alpha value is -2.29. The van der Waals surface area contributed by atoms with Crippen LogP contribution in [-0.2, 0) is 9.53 Å². The molecule has 9 nitrogen and oxygen atoms in total. The molecule has 0 bridgehead atoms. The molecule has 3 atom stereocenters. The molecule has 0 saturated heterocycles. The Labute approximate surface area is 126 Å². The highest BCUT2D eigenvalue weighted by Crippen LogP contribution is 2.43. The fraction of sp³-hybridized carbons (Fsp3) is 0.615. The number of carboxylic acids is 1. The second-order valence-electron chi connectivity index (χ2n) is 5.29. The largest absolute Gasteiger partial charge is 0.481 e. The first kappa shape index (κ1) is 17.8. The molecule has 9 heteroatoms. The number of hydrogen-bond acceptors (Lipinski definition) is 6. The first-order valence-corrected chi connectivity index (χ1v) is 6.73. The highest BCUT2D eigenvalue weighted by molar-refractivity contribution is 5.78. The summed E-state index contributed by atoms with van der Waals surface area (Å²) in [5.74, 6) is -2.51. The summed E-state index contributed by atoms with van der Waals surface area (Å²) in [7, 11) is 0. The summed E-state index contributed by atoms with van der Waals surface area (Å²) >= 11 is 0. The Bertz CT molecular complexity index is 555. The van der Waals surface area contributed by atoms with Gasteiger partial charge in [0.2, 0.25) is 0 Å². The highest BCUT2D eigenvalue weighted by atomic mass is 16.6. The first-order chi connectivity index (χ1) is 10.1. The number of hydrogen-bond donors (Lipinski definition) is 1. The van der Waals surface area contributed by atoms with Gasteiger partial charge in [0.1, 0.15) is 5.41 Å². The van der Waals surface area contributed by atoms with Gasteiger partial charge in [-0.3, -0.25) is 25.0 Å². The molecule has 0 aromatic rings. The van der Waals surface area contributed by atoms with Crippen LogP contribution in [-0.4, -0.2) is 33.6 Å². The van der Waals surface area contributed by atoms with Crippen LogP contribution in [0.15, 0.2) is 23.5 Å². The van der Waals surface area contributed by atoms with Gasteiger partial charge in [-0.05, 0) is 20.3 Å². The monoisotopic (exact) mass is 314 g/mol. The molecule has 0 aliphatic heterocycles. The van der Waals surface area contributed by atoms with Crippen LogP contribution in [0.25, 0.3) is 0 Å². The molecule has 1 rings (SSSR count). The van der Waals surface area contributed by atoms with E-state index in [0.29, 0.717) is 13.0 Å². The van der Waals surface area contributed by atoms with Crippen LogP contribution in [0.3, 0.4) is 0 Å². The lowest BCUT2D eigenvalue weighted by atomic mass is 9.69. The van der Waals surface area contributed by atoms with Gasteiger partial charge in [-0.15, -0.1) is 0 Å². The van der Waals surface area contributed by atoms with Crippen LogP contribution in [0.2, 0.25) is 0 Å². The van der Waals surface area contributed by atoms with Crippen molar-refractivity contribution in [1.82, 2.24) is 0 Å². The van der Waals surface area contributed by atoms with Gasteiger partial charge in [0.05, 0.1) is 27.9 Å². The van der Waals surface area contributed by atoms with E-state index in [2.05, 4.69) is 0 Å². The fourth-order valence-corrected chi connectivity index (χ4v) is 2.58. The van der Waals surface area contributed by atoms with Gasteiger partial charge in [0.25, 0.3) is 11.4 Å². The molecule has 22 heavy (non-hydrogen) atoms. The maximum absolute atomic E-state index is 11.6. The van der Waals surface area contributed by atoms with Crippen LogP contribution in [0.4, 0.5) is 0 Å². The predicted molar refractivity (Wildman–Crippen MR) is 75.1 cm³/mol. The van der Waals surface area contributed by atoms with Crippen molar-refractivity contribution in [2.75, 3.05) is 6.61 Å². The van der Waals surface area contributed by atoms with Crippen molar-refractivity contribution >= 4 is 5.97 Å². The van der Waals surface area contributed by atoms with E-state index in [1.54, 1.807) is 0 Å². The Kier molecular flexibility index (Phi) is 5.37. The molecule has 0 heterocycles. The summed E-state index contributed by atoms with van der Waals surface area (Å²) in [5.41, 5.74) is -2.93. The molecule has 0 fully saturated rings. The van der Waals surface area contributed by atoms with Crippen molar-refractivity contribution in [2.24, 2.45) is 11.3 Å². The normalized spacial score (nSPS) is 25.9. The Morgan fingerprint density at radius 1 is 1.45 bits per heavy atom. The van der Waals surface area contributed by atoms with Gasteiger partial charge in [0.15, 0.2) is 0 Å². The van der Waals surface area contributed by atoms with Crippen molar-refractivity contribution in [3.63, 3.8) is 0 Å². The Morgan fingerprint density at radius 2 is 2.05 bits per heavy atom. The predicted octanol–water partition coefficient (Wildman–Crippen LogP) is 1.84. The van der Waals surface area contributed by atoms with E-state index in [0.717, 1.165) is 12.2 Å². The topological polar surface area (TPSA) is 133 Å². The Balaban J connectivity index is 3.41. The molecular weight excluding hydrogens is 296 g/mol. The summed E-state index contributed by atoms with van der Waals surface area (Å²) in [6.45, 7) is 4.92. The zero-order valence-corrected chi connectivity index (χ0v) is 12.5. The number of carbonyl (C=O) groups is 1. The van der Waals surface area contributed by atoms with E-state index in [9.17, 15) is 30.1 Å². The minimum absolute atomic E-state index is 0.310. The molecule has 0 radical (unpaired) electrons. The molecule has 0 aromatic carbocycles. The lowest BCUT2D eigenvalue weighted by Gasteiger charge is -2.34. The van der Waals surface area contributed by atoms with Gasteiger partial charge in [-0.25, -0.2) is 0 Å². The number of rotatable bonds is 7. The van der Waals surface area contributed by atoms with E-state index in [-0.39, 0.29) is 0 Å². The molecule has 0 amide bonds. The number of nitrogens with zero attached hydrogens (tertiary/aromatic N) is 2. The lowest BCUT2D eigenvalue weighted by Crippen LogP contribution is -2.45. The van der Waals surface area contributed by atoms with Gasteiger partial charge in [-0.2, -0.15) is 0 Å².